The van der Waals surface area contributed by atoms with Crippen LogP contribution in [0.15, 0.2) is 51.6 Å². The highest BCUT2D eigenvalue weighted by atomic mass is 16.8. The van der Waals surface area contributed by atoms with Gasteiger partial charge in [0.2, 0.25) is 5.79 Å². The number of nitrogens with zero attached hydrogens (tertiary/aromatic N) is 1. The summed E-state index contributed by atoms with van der Waals surface area (Å²) in [7, 11) is 0. The average molecular weight is 692 g/mol. The largest absolute Gasteiger partial charge is 0.450 e. The molecule has 7 aliphatic rings. The Morgan fingerprint density at radius 2 is 1.72 bits per heavy atom. The number of ether oxygens (including phenoxy) is 4. The van der Waals surface area contributed by atoms with Gasteiger partial charge in [-0.05, 0) is 121 Å². The molecule has 8 heteroatoms. The summed E-state index contributed by atoms with van der Waals surface area (Å²) < 4.78 is 26.1. The van der Waals surface area contributed by atoms with Crippen LogP contribution in [0.3, 0.4) is 0 Å². The minimum absolute atomic E-state index is 0.0226. The minimum atomic E-state index is -1.11. The predicted octanol–water partition coefficient (Wildman–Crippen LogP) is 7.83. The summed E-state index contributed by atoms with van der Waals surface area (Å²) in [6.07, 6.45) is 14.0. The molecule has 11 atom stereocenters. The number of cyclic esters (lactones) is 1. The zero-order valence-corrected chi connectivity index (χ0v) is 31.4. The Labute approximate surface area is 299 Å². The van der Waals surface area contributed by atoms with Gasteiger partial charge in [0.25, 0.3) is 0 Å². The molecule has 8 nitrogen and oxygen atoms in total. The van der Waals surface area contributed by atoms with Crippen molar-refractivity contribution in [2.75, 3.05) is 6.54 Å². The molecule has 6 heterocycles. The van der Waals surface area contributed by atoms with Gasteiger partial charge >= 0.3 is 5.97 Å². The zero-order chi connectivity index (χ0) is 35.6. The molecular formula is C42H61NO7. The van der Waals surface area contributed by atoms with E-state index in [4.69, 9.17) is 23.9 Å². The number of rotatable bonds is 1. The lowest BCUT2D eigenvalue weighted by Gasteiger charge is -2.49. The number of carbonyl (C=O) groups is 1. The van der Waals surface area contributed by atoms with Crippen molar-refractivity contribution in [1.82, 2.24) is 0 Å². The second-order valence-electron chi connectivity index (χ2n) is 17.5. The molecular weight excluding hydrogens is 630 g/mol. The number of aliphatic hydroxyl groups excluding tert-OH is 1. The Bertz CT molecular complexity index is 1510. The maximum absolute atomic E-state index is 12.5. The first kappa shape index (κ1) is 36.3. The van der Waals surface area contributed by atoms with E-state index < -0.39 is 23.3 Å². The number of aliphatic imine (C=N–C) groups is 1. The third-order valence-electron chi connectivity index (χ3n) is 14.0. The Kier molecular flexibility index (Phi) is 9.71. The van der Waals surface area contributed by atoms with Gasteiger partial charge in [-0.25, -0.2) is 4.79 Å². The van der Waals surface area contributed by atoms with Gasteiger partial charge in [-0.3, -0.25) is 4.99 Å². The smallest absolute Gasteiger partial charge is 0.334 e. The monoisotopic (exact) mass is 691 g/mol. The second-order valence-corrected chi connectivity index (χ2v) is 17.5. The van der Waals surface area contributed by atoms with E-state index in [2.05, 4.69) is 40.3 Å². The van der Waals surface area contributed by atoms with Crippen LogP contribution in [0.1, 0.15) is 131 Å². The average Bonchev–Trinajstić information content (AvgIpc) is 3.71. The fourth-order valence-corrected chi connectivity index (χ4v) is 10.5. The van der Waals surface area contributed by atoms with E-state index in [9.17, 15) is 15.0 Å². The van der Waals surface area contributed by atoms with E-state index in [-0.39, 0.29) is 35.6 Å². The summed E-state index contributed by atoms with van der Waals surface area (Å²) in [5, 5.41) is 23.4. The number of aliphatic hydroxyl groups is 2. The van der Waals surface area contributed by atoms with Crippen LogP contribution in [0.4, 0.5) is 0 Å². The van der Waals surface area contributed by atoms with Crippen LogP contribution in [-0.2, 0) is 23.7 Å². The molecule has 3 fully saturated rings. The third kappa shape index (κ3) is 6.44. The minimum Gasteiger partial charge on any atom is -0.450 e. The molecule has 6 aliphatic heterocycles. The fourth-order valence-electron chi connectivity index (χ4n) is 10.5. The standard InChI is InChI=1S/C42H61NO7/c1-25-9-8-10-37-40(23-28(4)29(5)24-43-37)15-13-33(36-21-27(3)38(45)47-36)30(6)34(40)20-26(2)35(44)22-32-12-16-41(48-32)17-18-42(50-41)39(7,46)14-11-31(19-25)49-42/h20-21,28-29,31-32,34-36,44,46H,1,8-19,22-24H2,2-7H3/t28-,29-,31-,32-,34-,35-,36-,39-,40+,41+,42+/m0/s1. The summed E-state index contributed by atoms with van der Waals surface area (Å²) in [6.45, 7) is 18.0. The van der Waals surface area contributed by atoms with Crippen LogP contribution in [0.2, 0.25) is 0 Å². The molecule has 276 valence electrons. The van der Waals surface area contributed by atoms with Gasteiger partial charge in [0, 0.05) is 54.8 Å². The van der Waals surface area contributed by atoms with E-state index in [0.717, 1.165) is 69.9 Å². The number of fused-ring (bicyclic) bond motifs is 2. The maximum atomic E-state index is 12.5. The highest BCUT2D eigenvalue weighted by Crippen LogP contribution is 2.56. The van der Waals surface area contributed by atoms with Crippen LogP contribution in [-0.4, -0.2) is 70.0 Å². The molecule has 2 N–H and O–H groups in total. The number of esters is 1. The Morgan fingerprint density at radius 3 is 2.48 bits per heavy atom. The van der Waals surface area contributed by atoms with Gasteiger partial charge < -0.3 is 29.2 Å². The molecule has 7 rings (SSSR count). The number of allylic oxidation sites excluding steroid dienone is 2. The van der Waals surface area contributed by atoms with Gasteiger partial charge in [-0.1, -0.05) is 37.6 Å². The van der Waals surface area contributed by atoms with E-state index in [0.29, 0.717) is 49.5 Å². The first-order valence-corrected chi connectivity index (χ1v) is 19.6. The molecule has 3 spiro atoms. The first-order valence-electron chi connectivity index (χ1n) is 19.6. The number of hydrogen-bond acceptors (Lipinski definition) is 8. The summed E-state index contributed by atoms with van der Waals surface area (Å²) in [6, 6.07) is 0. The predicted molar refractivity (Wildman–Crippen MR) is 193 cm³/mol. The lowest BCUT2D eigenvalue weighted by Crippen LogP contribution is -2.60. The van der Waals surface area contributed by atoms with Gasteiger partial charge in [-0.15, -0.1) is 0 Å². The second kappa shape index (κ2) is 13.4. The first-order chi connectivity index (χ1) is 23.6. The molecule has 1 aliphatic carbocycles. The van der Waals surface area contributed by atoms with Gasteiger partial charge in [0.05, 0.1) is 18.3 Å². The van der Waals surface area contributed by atoms with E-state index in [1.54, 1.807) is 0 Å². The molecule has 0 aromatic carbocycles. The summed E-state index contributed by atoms with van der Waals surface area (Å²) >= 11 is 0. The molecule has 4 bridgehead atoms. The van der Waals surface area contributed by atoms with Crippen LogP contribution in [0.25, 0.3) is 0 Å². The van der Waals surface area contributed by atoms with Crippen molar-refractivity contribution in [2.45, 2.75) is 173 Å². The van der Waals surface area contributed by atoms with Crippen molar-refractivity contribution in [3.63, 3.8) is 0 Å². The molecule has 3 saturated heterocycles. The van der Waals surface area contributed by atoms with Gasteiger partial charge in [0.1, 0.15) is 11.7 Å². The Morgan fingerprint density at radius 1 is 0.940 bits per heavy atom. The molecule has 0 aromatic heterocycles. The third-order valence-corrected chi connectivity index (χ3v) is 14.0. The Hall–Kier alpha value is -2.10. The van der Waals surface area contributed by atoms with Gasteiger partial charge in [0.15, 0.2) is 5.79 Å². The van der Waals surface area contributed by atoms with E-state index in [1.165, 1.54) is 22.4 Å². The van der Waals surface area contributed by atoms with Crippen molar-refractivity contribution < 1.29 is 34.0 Å². The molecule has 0 amide bonds. The lowest BCUT2D eigenvalue weighted by atomic mass is 9.56. The lowest BCUT2D eigenvalue weighted by molar-refractivity contribution is -0.387. The van der Waals surface area contributed by atoms with Crippen LogP contribution >= 0.6 is 0 Å². The van der Waals surface area contributed by atoms with E-state index >= 15 is 0 Å². The highest BCUT2D eigenvalue weighted by Gasteiger charge is 2.64. The summed E-state index contributed by atoms with van der Waals surface area (Å²) in [5.74, 6) is -1.16. The SMILES string of the molecule is C=C1CCCC2=NC[C@H](C)[C@@H](C)C[C@@]23CCC([C@@H]2C=C(C)C(=O)O2)=C(C)[C@@H]3C=C(C)[C@@H](O)C[C@@H]2CC[C@@]3(CC[C@@]4(O[C@@H](CC[C@]4(C)O)C1)O3)O2. The van der Waals surface area contributed by atoms with Crippen LogP contribution < -0.4 is 0 Å². The van der Waals surface area contributed by atoms with Crippen LogP contribution in [0, 0.1) is 23.2 Å². The maximum Gasteiger partial charge on any atom is 0.334 e. The van der Waals surface area contributed by atoms with Crippen molar-refractivity contribution in [3.05, 3.63) is 46.6 Å². The molecule has 0 aromatic rings. The molecule has 50 heavy (non-hydrogen) atoms. The summed E-state index contributed by atoms with van der Waals surface area (Å²) in [5.41, 5.74) is 5.21. The normalized spacial score (nSPS) is 46.0. The van der Waals surface area contributed by atoms with E-state index in [1.807, 2.05) is 19.9 Å². The molecule has 0 saturated carbocycles. The fraction of sp³-hybridized carbons (Fsp3) is 0.762. The van der Waals surface area contributed by atoms with Crippen molar-refractivity contribution in [2.24, 2.45) is 28.2 Å². The van der Waals surface area contributed by atoms with Crippen LogP contribution in [0.5, 0.6) is 0 Å². The highest BCUT2D eigenvalue weighted by molar-refractivity contribution is 5.92. The summed E-state index contributed by atoms with van der Waals surface area (Å²) in [4.78, 5) is 18.0. The van der Waals surface area contributed by atoms with Crippen molar-refractivity contribution >= 4 is 11.7 Å². The van der Waals surface area contributed by atoms with Gasteiger partial charge in [-0.2, -0.15) is 0 Å². The molecule has 0 radical (unpaired) electrons. The van der Waals surface area contributed by atoms with Crippen molar-refractivity contribution in [1.29, 1.82) is 0 Å². The number of hydrogen-bond donors (Lipinski definition) is 2. The Balaban J connectivity index is 1.27. The zero-order valence-electron chi connectivity index (χ0n) is 31.4. The quantitative estimate of drug-likeness (QED) is 0.213. The number of carbonyl (C=O) groups excluding carboxylic acids is 1. The molecule has 0 unspecified atom stereocenters. The topological polar surface area (TPSA) is 107 Å². The van der Waals surface area contributed by atoms with Crippen molar-refractivity contribution in [3.8, 4) is 0 Å².